The van der Waals surface area contributed by atoms with Crippen molar-refractivity contribution in [3.63, 3.8) is 0 Å². The standard InChI is InChI=1S/C26H39N5O6S2/c1-15(2)36-24(32)28-18-9-10-19(22(11-18)39(34,35)30-26(6,7)8)21-12-27-23(38-21)31-13-17(5)20(14-31)29-25(33)37-16(3)4/h9-12,15-17,20,30H,13-14H2,1-8H3,(H,28,32)(H,29,33)/t17-,20?/m0/s1. The molecule has 1 aromatic heterocycles. The third-order valence-corrected chi connectivity index (χ3v) is 8.48. The van der Waals surface area contributed by atoms with Crippen molar-refractivity contribution in [3.8, 4) is 10.4 Å². The van der Waals surface area contributed by atoms with Crippen LogP contribution in [0.3, 0.4) is 0 Å². The van der Waals surface area contributed by atoms with Gasteiger partial charge in [0.2, 0.25) is 10.0 Å². The minimum Gasteiger partial charge on any atom is -0.447 e. The minimum atomic E-state index is -3.97. The predicted octanol–water partition coefficient (Wildman–Crippen LogP) is 4.80. The van der Waals surface area contributed by atoms with Crippen LogP contribution in [-0.2, 0) is 19.5 Å². The monoisotopic (exact) mass is 581 g/mol. The first-order chi connectivity index (χ1) is 18.0. The van der Waals surface area contributed by atoms with Crippen molar-refractivity contribution in [2.75, 3.05) is 23.3 Å². The van der Waals surface area contributed by atoms with Crippen molar-refractivity contribution in [2.24, 2.45) is 5.92 Å². The summed E-state index contributed by atoms with van der Waals surface area (Å²) in [6, 6.07) is 4.59. The van der Waals surface area contributed by atoms with Crippen LogP contribution in [0.2, 0.25) is 0 Å². The summed E-state index contributed by atoms with van der Waals surface area (Å²) in [6.45, 7) is 15.6. The van der Waals surface area contributed by atoms with E-state index in [9.17, 15) is 18.0 Å². The van der Waals surface area contributed by atoms with Gasteiger partial charge in [0.25, 0.3) is 0 Å². The summed E-state index contributed by atoms with van der Waals surface area (Å²) in [7, 11) is -3.97. The Labute approximate surface area is 234 Å². The molecule has 13 heteroatoms. The van der Waals surface area contributed by atoms with Gasteiger partial charge in [-0.25, -0.2) is 27.7 Å². The molecule has 0 spiro atoms. The van der Waals surface area contributed by atoms with E-state index >= 15 is 0 Å². The number of hydrogen-bond donors (Lipinski definition) is 3. The summed E-state index contributed by atoms with van der Waals surface area (Å²) in [5, 5.41) is 6.24. The molecular weight excluding hydrogens is 542 g/mol. The maximum atomic E-state index is 13.5. The second kappa shape index (κ2) is 12.1. The van der Waals surface area contributed by atoms with Crippen LogP contribution in [0.4, 0.5) is 20.4 Å². The largest absolute Gasteiger partial charge is 0.447 e. The maximum Gasteiger partial charge on any atom is 0.411 e. The number of hydrogen-bond acceptors (Lipinski definition) is 9. The van der Waals surface area contributed by atoms with E-state index in [2.05, 4.69) is 25.2 Å². The van der Waals surface area contributed by atoms with E-state index in [1.165, 1.54) is 17.4 Å². The summed E-state index contributed by atoms with van der Waals surface area (Å²) in [5.41, 5.74) is 0.0269. The molecule has 1 saturated heterocycles. The molecule has 3 N–H and O–H groups in total. The van der Waals surface area contributed by atoms with Crippen LogP contribution in [0.5, 0.6) is 0 Å². The number of sulfonamides is 1. The molecule has 2 amide bonds. The van der Waals surface area contributed by atoms with Gasteiger partial charge >= 0.3 is 12.2 Å². The number of nitrogens with zero attached hydrogens (tertiary/aromatic N) is 2. The van der Waals surface area contributed by atoms with Crippen LogP contribution < -0.4 is 20.3 Å². The maximum absolute atomic E-state index is 13.5. The summed E-state index contributed by atoms with van der Waals surface area (Å²) >= 11 is 1.36. The number of nitrogens with one attached hydrogen (secondary N) is 3. The quantitative estimate of drug-likeness (QED) is 0.404. The fourth-order valence-corrected chi connectivity index (χ4v) is 6.80. The number of rotatable bonds is 8. The summed E-state index contributed by atoms with van der Waals surface area (Å²) in [4.78, 5) is 31.5. The number of anilines is 2. The van der Waals surface area contributed by atoms with E-state index in [1.807, 2.05) is 6.92 Å². The van der Waals surface area contributed by atoms with Crippen molar-refractivity contribution >= 4 is 44.4 Å². The number of ether oxygens (including phenoxy) is 2. The van der Waals surface area contributed by atoms with Gasteiger partial charge in [0.05, 0.1) is 28.0 Å². The molecule has 2 atom stereocenters. The van der Waals surface area contributed by atoms with Gasteiger partial charge in [-0.3, -0.25) is 5.32 Å². The highest BCUT2D eigenvalue weighted by Gasteiger charge is 2.33. The normalized spacial score (nSPS) is 17.9. The Kier molecular flexibility index (Phi) is 9.50. The van der Waals surface area contributed by atoms with Crippen molar-refractivity contribution in [2.45, 2.75) is 84.1 Å². The number of thiazole rings is 1. The third kappa shape index (κ3) is 8.54. The van der Waals surface area contributed by atoms with Gasteiger partial charge in [-0.2, -0.15) is 0 Å². The Bertz CT molecular complexity index is 1290. The van der Waals surface area contributed by atoms with Gasteiger partial charge in [0, 0.05) is 36.1 Å². The van der Waals surface area contributed by atoms with Crippen molar-refractivity contribution < 1.29 is 27.5 Å². The molecule has 0 aliphatic carbocycles. The second-order valence-corrected chi connectivity index (χ2v) is 13.9. The van der Waals surface area contributed by atoms with Crippen LogP contribution in [0.15, 0.2) is 29.3 Å². The highest BCUT2D eigenvalue weighted by Crippen LogP contribution is 2.38. The first-order valence-corrected chi connectivity index (χ1v) is 15.2. The first-order valence-electron chi connectivity index (χ1n) is 12.9. The predicted molar refractivity (Wildman–Crippen MR) is 153 cm³/mol. The lowest BCUT2D eigenvalue weighted by Crippen LogP contribution is -2.41. The second-order valence-electron chi connectivity index (χ2n) is 11.2. The van der Waals surface area contributed by atoms with Crippen LogP contribution in [0.1, 0.15) is 55.4 Å². The molecular formula is C26H39N5O6S2. The zero-order valence-electron chi connectivity index (χ0n) is 23.7. The number of amides is 2. The van der Waals surface area contributed by atoms with E-state index in [-0.39, 0.29) is 29.1 Å². The van der Waals surface area contributed by atoms with Crippen molar-refractivity contribution in [3.05, 3.63) is 24.4 Å². The Hall–Kier alpha value is -2.90. The molecule has 11 nitrogen and oxygen atoms in total. The molecule has 0 bridgehead atoms. The van der Waals surface area contributed by atoms with Gasteiger partial charge in [-0.05, 0) is 66.5 Å². The number of carbonyl (C=O) groups is 2. The van der Waals surface area contributed by atoms with E-state index in [0.29, 0.717) is 34.3 Å². The van der Waals surface area contributed by atoms with E-state index in [1.54, 1.807) is 66.8 Å². The van der Waals surface area contributed by atoms with Gasteiger partial charge in [0.15, 0.2) is 5.13 Å². The zero-order valence-corrected chi connectivity index (χ0v) is 25.3. The van der Waals surface area contributed by atoms with Crippen molar-refractivity contribution in [1.29, 1.82) is 0 Å². The van der Waals surface area contributed by atoms with E-state index in [0.717, 1.165) is 0 Å². The summed E-state index contributed by atoms with van der Waals surface area (Å²) < 4.78 is 39.9. The molecule has 2 aromatic rings. The Morgan fingerprint density at radius 2 is 1.72 bits per heavy atom. The van der Waals surface area contributed by atoms with Crippen molar-refractivity contribution in [1.82, 2.24) is 15.0 Å². The highest BCUT2D eigenvalue weighted by atomic mass is 32.2. The van der Waals surface area contributed by atoms with Gasteiger partial charge < -0.3 is 19.7 Å². The van der Waals surface area contributed by atoms with Gasteiger partial charge in [0.1, 0.15) is 0 Å². The number of aromatic nitrogens is 1. The highest BCUT2D eigenvalue weighted by molar-refractivity contribution is 7.89. The van der Waals surface area contributed by atoms with Crippen LogP contribution in [0.25, 0.3) is 10.4 Å². The molecule has 1 aromatic carbocycles. The molecule has 0 saturated carbocycles. The van der Waals surface area contributed by atoms with Gasteiger partial charge in [-0.15, -0.1) is 0 Å². The van der Waals surface area contributed by atoms with E-state index in [4.69, 9.17) is 9.47 Å². The Balaban J connectivity index is 1.89. The lowest BCUT2D eigenvalue weighted by Gasteiger charge is -2.22. The van der Waals surface area contributed by atoms with Gasteiger partial charge in [-0.1, -0.05) is 24.3 Å². The fourth-order valence-electron chi connectivity index (χ4n) is 4.09. The Morgan fingerprint density at radius 3 is 2.33 bits per heavy atom. The first kappa shape index (κ1) is 30.6. The van der Waals surface area contributed by atoms with Crippen LogP contribution >= 0.6 is 11.3 Å². The molecule has 0 radical (unpaired) electrons. The number of carbonyl (C=O) groups excluding carboxylic acids is 2. The lowest BCUT2D eigenvalue weighted by atomic mass is 10.1. The minimum absolute atomic E-state index is 0.0146. The molecule has 2 heterocycles. The molecule has 1 aliphatic heterocycles. The van der Waals surface area contributed by atoms with Crippen LogP contribution in [0, 0.1) is 5.92 Å². The average molecular weight is 582 g/mol. The smallest absolute Gasteiger partial charge is 0.411 e. The fraction of sp³-hybridized carbons (Fsp3) is 0.577. The average Bonchev–Trinajstić information content (AvgIpc) is 3.38. The Morgan fingerprint density at radius 1 is 1.08 bits per heavy atom. The summed E-state index contributed by atoms with van der Waals surface area (Å²) in [6.07, 6.45) is -0.0109. The molecule has 1 aliphatic rings. The van der Waals surface area contributed by atoms with Crippen LogP contribution in [-0.4, -0.2) is 62.5 Å². The number of benzene rings is 1. The SMILES string of the molecule is CC(C)OC(=O)Nc1ccc(-c2cnc(N3CC(NC(=O)OC(C)C)[C@@H](C)C3)s2)c(S(=O)(=O)NC(C)(C)C)c1. The van der Waals surface area contributed by atoms with E-state index < -0.39 is 27.7 Å². The number of alkyl carbamates (subject to hydrolysis) is 1. The molecule has 216 valence electrons. The molecule has 1 fully saturated rings. The molecule has 1 unspecified atom stereocenters. The topological polar surface area (TPSA) is 139 Å². The molecule has 3 rings (SSSR count). The summed E-state index contributed by atoms with van der Waals surface area (Å²) in [5.74, 6) is 0.167. The molecule has 39 heavy (non-hydrogen) atoms. The lowest BCUT2D eigenvalue weighted by molar-refractivity contribution is 0.111. The zero-order chi connectivity index (χ0) is 29.1. The third-order valence-electron chi connectivity index (χ3n) is 5.59.